The molecule has 0 spiro atoms. The lowest BCUT2D eigenvalue weighted by Crippen LogP contribution is -2.41. The Morgan fingerprint density at radius 1 is 1.25 bits per heavy atom. The van der Waals surface area contributed by atoms with E-state index in [1.807, 2.05) is 0 Å². The van der Waals surface area contributed by atoms with Gasteiger partial charge in [0.05, 0.1) is 15.7 Å². The maximum absolute atomic E-state index is 13.1. The molecule has 114 valence electrons. The van der Waals surface area contributed by atoms with Gasteiger partial charge in [-0.05, 0) is 38.5 Å². The molecule has 0 aromatic heterocycles. The minimum atomic E-state index is -4.65. The lowest BCUT2D eigenvalue weighted by molar-refractivity contribution is -0.153. The lowest BCUT2D eigenvalue weighted by atomic mass is 10.1. The molecule has 1 aromatic carbocycles. The van der Waals surface area contributed by atoms with E-state index < -0.39 is 33.8 Å². The van der Waals surface area contributed by atoms with Gasteiger partial charge in [-0.3, -0.25) is 0 Å². The number of hydrogen-bond acceptors (Lipinski definition) is 1. The Labute approximate surface area is 125 Å². The van der Waals surface area contributed by atoms with Crippen LogP contribution in [-0.4, -0.2) is 15.1 Å². The molecule has 0 fully saturated rings. The molecule has 0 saturated heterocycles. The second-order valence-electron chi connectivity index (χ2n) is 5.14. The average Bonchev–Trinajstić information content (AvgIpc) is 2.23. The van der Waals surface area contributed by atoms with Crippen molar-refractivity contribution in [1.82, 2.24) is 4.72 Å². The first kappa shape index (κ1) is 17.6. The fourth-order valence-corrected chi connectivity index (χ4v) is 2.73. The second-order valence-corrected chi connectivity index (χ2v) is 7.99. The van der Waals surface area contributed by atoms with Gasteiger partial charge >= 0.3 is 6.18 Å². The normalized spacial score (nSPS) is 16.0. The molecule has 1 aromatic rings. The zero-order valence-electron chi connectivity index (χ0n) is 11.0. The standard InChI is InChI=1S/C12H14BrF4NOS/c1-11(2,3)20(19)18-10(12(15,16)17)8-5-4-7(14)6-9(8)13/h4-6,10,18H,1-3H3/t10-,20?/m1/s1. The highest BCUT2D eigenvalue weighted by Gasteiger charge is 2.43. The Kier molecular flexibility index (Phi) is 5.37. The van der Waals surface area contributed by atoms with Crippen LogP contribution >= 0.6 is 15.9 Å². The minimum Gasteiger partial charge on any atom is -0.242 e. The molecule has 2 atom stereocenters. The highest BCUT2D eigenvalue weighted by Crippen LogP contribution is 2.37. The first-order chi connectivity index (χ1) is 8.93. The van der Waals surface area contributed by atoms with Gasteiger partial charge in [-0.15, -0.1) is 0 Å². The fourth-order valence-electron chi connectivity index (χ4n) is 1.33. The molecule has 0 aliphatic rings. The molecule has 0 bridgehead atoms. The average molecular weight is 376 g/mol. The van der Waals surface area contributed by atoms with Crippen LogP contribution in [-0.2, 0) is 11.0 Å². The lowest BCUT2D eigenvalue weighted by Gasteiger charge is -2.26. The van der Waals surface area contributed by atoms with Crippen LogP contribution in [0.15, 0.2) is 22.7 Å². The molecule has 1 rings (SSSR count). The molecule has 1 unspecified atom stereocenters. The predicted octanol–water partition coefficient (Wildman–Crippen LogP) is 4.24. The van der Waals surface area contributed by atoms with Gasteiger partial charge in [0.1, 0.15) is 11.9 Å². The van der Waals surface area contributed by atoms with E-state index in [4.69, 9.17) is 0 Å². The summed E-state index contributed by atoms with van der Waals surface area (Å²) in [7, 11) is -1.91. The van der Waals surface area contributed by atoms with Crippen LogP contribution < -0.4 is 4.72 Å². The Morgan fingerprint density at radius 2 is 1.80 bits per heavy atom. The SMILES string of the molecule is CC(C)(C)S(=O)N[C@H](c1ccc(F)cc1Br)C(F)(F)F. The van der Waals surface area contributed by atoms with E-state index in [0.29, 0.717) is 0 Å². The number of alkyl halides is 3. The summed E-state index contributed by atoms with van der Waals surface area (Å²) in [5, 5.41) is 0. The maximum Gasteiger partial charge on any atom is 0.408 e. The van der Waals surface area contributed by atoms with Crippen LogP contribution in [0.5, 0.6) is 0 Å². The maximum atomic E-state index is 13.1. The van der Waals surface area contributed by atoms with Gasteiger partial charge in [0.25, 0.3) is 0 Å². The number of benzene rings is 1. The Bertz CT molecular complexity index is 513. The summed E-state index contributed by atoms with van der Waals surface area (Å²) in [5.74, 6) is -0.654. The largest absolute Gasteiger partial charge is 0.408 e. The minimum absolute atomic E-state index is 0.0294. The quantitative estimate of drug-likeness (QED) is 0.786. The van der Waals surface area contributed by atoms with Gasteiger partial charge in [-0.1, -0.05) is 22.0 Å². The second kappa shape index (κ2) is 6.11. The molecular weight excluding hydrogens is 362 g/mol. The Balaban J connectivity index is 3.18. The zero-order chi connectivity index (χ0) is 15.7. The molecule has 20 heavy (non-hydrogen) atoms. The van der Waals surface area contributed by atoms with Gasteiger partial charge < -0.3 is 0 Å². The van der Waals surface area contributed by atoms with Crippen molar-refractivity contribution >= 4 is 26.9 Å². The zero-order valence-corrected chi connectivity index (χ0v) is 13.4. The molecule has 0 amide bonds. The summed E-state index contributed by atoms with van der Waals surface area (Å²) in [6.07, 6.45) is -4.65. The third-order valence-corrected chi connectivity index (χ3v) is 4.63. The molecule has 0 heterocycles. The van der Waals surface area contributed by atoms with Crippen LogP contribution in [0, 0.1) is 5.82 Å². The van der Waals surface area contributed by atoms with E-state index in [1.54, 1.807) is 20.8 Å². The van der Waals surface area contributed by atoms with Crippen molar-refractivity contribution in [2.24, 2.45) is 0 Å². The summed E-state index contributed by atoms with van der Waals surface area (Å²) >= 11 is 2.90. The van der Waals surface area contributed by atoms with E-state index in [-0.39, 0.29) is 10.0 Å². The van der Waals surface area contributed by atoms with Crippen molar-refractivity contribution in [3.8, 4) is 0 Å². The number of rotatable bonds is 3. The fraction of sp³-hybridized carbons (Fsp3) is 0.500. The van der Waals surface area contributed by atoms with Crippen molar-refractivity contribution in [3.05, 3.63) is 34.1 Å². The molecule has 8 heteroatoms. The van der Waals surface area contributed by atoms with E-state index >= 15 is 0 Å². The van der Waals surface area contributed by atoms with Crippen LogP contribution in [0.2, 0.25) is 0 Å². The van der Waals surface area contributed by atoms with Crippen LogP contribution in [0.1, 0.15) is 32.4 Å². The Morgan fingerprint density at radius 3 is 2.20 bits per heavy atom. The van der Waals surface area contributed by atoms with E-state index in [1.165, 1.54) is 0 Å². The predicted molar refractivity (Wildman–Crippen MR) is 73.9 cm³/mol. The van der Waals surface area contributed by atoms with Gasteiger partial charge in [-0.25, -0.2) is 13.3 Å². The van der Waals surface area contributed by atoms with Crippen molar-refractivity contribution in [2.45, 2.75) is 37.7 Å². The summed E-state index contributed by atoms with van der Waals surface area (Å²) < 4.78 is 65.4. The van der Waals surface area contributed by atoms with Gasteiger partial charge in [-0.2, -0.15) is 13.2 Å². The molecule has 0 saturated carbocycles. The molecule has 0 aliphatic heterocycles. The highest BCUT2D eigenvalue weighted by molar-refractivity contribution is 9.10. The molecule has 2 nitrogen and oxygen atoms in total. The first-order valence-corrected chi connectivity index (χ1v) is 7.57. The van der Waals surface area contributed by atoms with Crippen molar-refractivity contribution in [2.75, 3.05) is 0 Å². The van der Waals surface area contributed by atoms with E-state index in [0.717, 1.165) is 18.2 Å². The molecule has 0 radical (unpaired) electrons. The number of halogens is 5. The van der Waals surface area contributed by atoms with Crippen molar-refractivity contribution in [1.29, 1.82) is 0 Å². The summed E-state index contributed by atoms with van der Waals surface area (Å²) in [6.45, 7) is 4.68. The van der Waals surface area contributed by atoms with Crippen molar-refractivity contribution < 1.29 is 21.8 Å². The third-order valence-electron chi connectivity index (χ3n) is 2.38. The smallest absolute Gasteiger partial charge is 0.242 e. The first-order valence-electron chi connectivity index (χ1n) is 5.62. The van der Waals surface area contributed by atoms with Gasteiger partial charge in [0, 0.05) is 4.47 Å². The van der Waals surface area contributed by atoms with Gasteiger partial charge in [0.15, 0.2) is 0 Å². The van der Waals surface area contributed by atoms with Crippen LogP contribution in [0.25, 0.3) is 0 Å². The van der Waals surface area contributed by atoms with Gasteiger partial charge in [0.2, 0.25) is 0 Å². The third kappa shape index (κ3) is 4.53. The highest BCUT2D eigenvalue weighted by atomic mass is 79.9. The summed E-state index contributed by atoms with van der Waals surface area (Å²) in [5.41, 5.74) is -0.212. The van der Waals surface area contributed by atoms with Crippen LogP contribution in [0.3, 0.4) is 0 Å². The number of nitrogens with one attached hydrogen (secondary N) is 1. The van der Waals surface area contributed by atoms with E-state index in [2.05, 4.69) is 20.7 Å². The topological polar surface area (TPSA) is 29.1 Å². The Hall–Kier alpha value is -0.470. The van der Waals surface area contributed by atoms with Crippen LogP contribution in [0.4, 0.5) is 17.6 Å². The summed E-state index contributed by atoms with van der Waals surface area (Å²) in [4.78, 5) is 0. The number of hydrogen-bond donors (Lipinski definition) is 1. The molecular formula is C12H14BrF4NOS. The van der Waals surface area contributed by atoms with E-state index in [9.17, 15) is 21.8 Å². The molecule has 1 N–H and O–H groups in total. The monoisotopic (exact) mass is 375 g/mol. The molecule has 0 aliphatic carbocycles. The van der Waals surface area contributed by atoms with Crippen molar-refractivity contribution in [3.63, 3.8) is 0 Å². The summed E-state index contributed by atoms with van der Waals surface area (Å²) in [6, 6.07) is 0.748.